The second-order valence-electron chi connectivity index (χ2n) is 9.24. The second kappa shape index (κ2) is 9.99. The summed E-state index contributed by atoms with van der Waals surface area (Å²) in [6, 6.07) is 25.9. The first-order chi connectivity index (χ1) is 15.9. The monoisotopic (exact) mass is 445 g/mol. The summed E-state index contributed by atoms with van der Waals surface area (Å²) in [5.41, 5.74) is 1.83. The number of rotatable bonds is 6. The van der Waals surface area contributed by atoms with Gasteiger partial charge in [0.25, 0.3) is 0 Å². The Bertz CT molecular complexity index is 1040. The molecule has 1 saturated heterocycles. The minimum absolute atomic E-state index is 0.0268. The predicted molar refractivity (Wildman–Crippen MR) is 130 cm³/mol. The lowest BCUT2D eigenvalue weighted by molar-refractivity contribution is 0.0187. The summed E-state index contributed by atoms with van der Waals surface area (Å²) in [5, 5.41) is 0. The highest BCUT2D eigenvalue weighted by molar-refractivity contribution is 5.69. The van der Waals surface area contributed by atoms with Crippen LogP contribution in [0.25, 0.3) is 11.1 Å². The number of hydrogen-bond acceptors (Lipinski definition) is 4. The van der Waals surface area contributed by atoms with Crippen molar-refractivity contribution in [2.24, 2.45) is 0 Å². The van der Waals surface area contributed by atoms with Gasteiger partial charge in [0.15, 0.2) is 0 Å². The van der Waals surface area contributed by atoms with Crippen LogP contribution in [0.5, 0.6) is 17.2 Å². The summed E-state index contributed by atoms with van der Waals surface area (Å²) >= 11 is 0. The van der Waals surface area contributed by atoms with Gasteiger partial charge >= 0.3 is 6.09 Å². The third-order valence-electron chi connectivity index (χ3n) is 5.47. The van der Waals surface area contributed by atoms with Crippen LogP contribution in [0, 0.1) is 0 Å². The number of hydrogen-bond donors (Lipinski definition) is 0. The number of carbonyl (C=O) groups is 1. The Balaban J connectivity index is 1.30. The van der Waals surface area contributed by atoms with Crippen molar-refractivity contribution in [3.05, 3.63) is 78.9 Å². The van der Waals surface area contributed by atoms with Crippen LogP contribution in [0.15, 0.2) is 78.9 Å². The van der Waals surface area contributed by atoms with Crippen LogP contribution in [0.3, 0.4) is 0 Å². The van der Waals surface area contributed by atoms with Gasteiger partial charge in [-0.05, 0) is 81.1 Å². The number of benzene rings is 3. The Labute approximate surface area is 195 Å². The van der Waals surface area contributed by atoms with E-state index < -0.39 is 5.60 Å². The van der Waals surface area contributed by atoms with E-state index >= 15 is 0 Å². The topological polar surface area (TPSA) is 48.0 Å². The molecule has 0 bridgehead atoms. The van der Waals surface area contributed by atoms with Crippen molar-refractivity contribution >= 4 is 6.09 Å². The Hall–Kier alpha value is -3.47. The molecule has 0 aliphatic carbocycles. The molecule has 1 amide bonds. The highest BCUT2D eigenvalue weighted by Crippen LogP contribution is 2.28. The zero-order valence-corrected chi connectivity index (χ0v) is 19.5. The van der Waals surface area contributed by atoms with E-state index in [9.17, 15) is 4.79 Å². The molecule has 0 radical (unpaired) electrons. The Kier molecular flexibility index (Phi) is 6.87. The average Bonchev–Trinajstić information content (AvgIpc) is 3.28. The third kappa shape index (κ3) is 6.28. The van der Waals surface area contributed by atoms with Crippen LogP contribution >= 0.6 is 0 Å². The number of amides is 1. The molecule has 0 saturated carbocycles. The fourth-order valence-corrected chi connectivity index (χ4v) is 3.85. The number of likely N-dealkylation sites (tertiary alicyclic amines) is 1. The first kappa shape index (κ1) is 22.7. The van der Waals surface area contributed by atoms with E-state index in [1.165, 1.54) is 5.56 Å². The molecular weight excluding hydrogens is 414 g/mol. The molecule has 1 heterocycles. The van der Waals surface area contributed by atoms with Gasteiger partial charge in [-0.15, -0.1) is 0 Å². The largest absolute Gasteiger partial charge is 0.491 e. The van der Waals surface area contributed by atoms with Gasteiger partial charge in [0.2, 0.25) is 0 Å². The molecule has 0 unspecified atom stereocenters. The third-order valence-corrected chi connectivity index (χ3v) is 5.47. The van der Waals surface area contributed by atoms with E-state index in [0.717, 1.165) is 35.7 Å². The maximum absolute atomic E-state index is 12.4. The lowest BCUT2D eigenvalue weighted by atomic mass is 10.1. The smallest absolute Gasteiger partial charge is 0.410 e. The highest BCUT2D eigenvalue weighted by atomic mass is 16.6. The normalized spacial score (nSPS) is 15.8. The fraction of sp³-hybridized carbons (Fsp3) is 0.321. The quantitative estimate of drug-likeness (QED) is 0.413. The van der Waals surface area contributed by atoms with E-state index in [2.05, 4.69) is 24.3 Å². The summed E-state index contributed by atoms with van der Waals surface area (Å²) in [4.78, 5) is 14.2. The summed E-state index contributed by atoms with van der Waals surface area (Å²) in [5.74, 6) is 2.27. The minimum atomic E-state index is -0.497. The van der Waals surface area contributed by atoms with Gasteiger partial charge in [-0.3, -0.25) is 0 Å². The lowest BCUT2D eigenvalue weighted by Gasteiger charge is -2.28. The van der Waals surface area contributed by atoms with Crippen molar-refractivity contribution in [2.75, 3.05) is 13.2 Å². The minimum Gasteiger partial charge on any atom is -0.491 e. The number of carbonyl (C=O) groups excluding carboxylic acids is 1. The summed E-state index contributed by atoms with van der Waals surface area (Å²) < 4.78 is 17.5. The molecule has 0 spiro atoms. The van der Waals surface area contributed by atoms with Crippen LogP contribution in [0.4, 0.5) is 4.79 Å². The zero-order valence-electron chi connectivity index (χ0n) is 19.5. The molecule has 3 aromatic rings. The maximum atomic E-state index is 12.4. The lowest BCUT2D eigenvalue weighted by Crippen LogP contribution is -2.42. The van der Waals surface area contributed by atoms with Gasteiger partial charge in [0, 0.05) is 6.54 Å². The van der Waals surface area contributed by atoms with Crippen LogP contribution in [0.1, 0.15) is 33.6 Å². The molecule has 172 valence electrons. The molecule has 1 atom stereocenters. The van der Waals surface area contributed by atoms with Gasteiger partial charge in [-0.25, -0.2) is 4.79 Å². The molecule has 1 aliphatic rings. The van der Waals surface area contributed by atoms with Crippen molar-refractivity contribution in [1.82, 2.24) is 4.90 Å². The molecule has 3 aromatic carbocycles. The van der Waals surface area contributed by atoms with Gasteiger partial charge in [-0.2, -0.15) is 0 Å². The van der Waals surface area contributed by atoms with Crippen molar-refractivity contribution in [3.8, 4) is 28.4 Å². The summed E-state index contributed by atoms with van der Waals surface area (Å²) in [6.07, 6.45) is 1.61. The molecule has 33 heavy (non-hydrogen) atoms. The summed E-state index contributed by atoms with van der Waals surface area (Å²) in [7, 11) is 0. The molecule has 5 heteroatoms. The molecule has 5 nitrogen and oxygen atoms in total. The van der Waals surface area contributed by atoms with E-state index in [4.69, 9.17) is 14.2 Å². The number of nitrogens with zero attached hydrogens (tertiary/aromatic N) is 1. The molecule has 0 aromatic heterocycles. The fourth-order valence-electron chi connectivity index (χ4n) is 3.85. The average molecular weight is 446 g/mol. The Morgan fingerprint density at radius 1 is 0.848 bits per heavy atom. The van der Waals surface area contributed by atoms with Crippen molar-refractivity contribution in [1.29, 1.82) is 0 Å². The van der Waals surface area contributed by atoms with E-state index in [0.29, 0.717) is 13.2 Å². The van der Waals surface area contributed by atoms with Crippen LogP contribution < -0.4 is 9.47 Å². The highest BCUT2D eigenvalue weighted by Gasteiger charge is 2.32. The molecule has 4 rings (SSSR count). The number of ether oxygens (including phenoxy) is 3. The van der Waals surface area contributed by atoms with Crippen molar-refractivity contribution < 1.29 is 19.0 Å². The van der Waals surface area contributed by atoms with Crippen LogP contribution in [0.2, 0.25) is 0 Å². The molecule has 1 fully saturated rings. The second-order valence-corrected chi connectivity index (χ2v) is 9.24. The van der Waals surface area contributed by atoms with E-state index in [1.54, 1.807) is 4.90 Å². The van der Waals surface area contributed by atoms with Gasteiger partial charge in [0.05, 0.1) is 6.04 Å². The molecule has 1 aliphatic heterocycles. The van der Waals surface area contributed by atoms with Gasteiger partial charge in [-0.1, -0.05) is 42.5 Å². The predicted octanol–water partition coefficient (Wildman–Crippen LogP) is 6.92. The Morgan fingerprint density at radius 2 is 1.42 bits per heavy atom. The molecular formula is C28H31NO4. The van der Waals surface area contributed by atoms with Gasteiger partial charge in [0.1, 0.15) is 29.5 Å². The Morgan fingerprint density at radius 3 is 2.06 bits per heavy atom. The SMILES string of the molecule is CC(C)(C)OC(=O)N1CCC[C@@H]1COc1ccc(Oc2ccc(-c3ccccc3)cc2)cc1. The van der Waals surface area contributed by atoms with Crippen molar-refractivity contribution in [3.63, 3.8) is 0 Å². The summed E-state index contributed by atoms with van der Waals surface area (Å²) in [6.45, 7) is 6.80. The van der Waals surface area contributed by atoms with Crippen molar-refractivity contribution in [2.45, 2.75) is 45.3 Å². The van der Waals surface area contributed by atoms with Crippen LogP contribution in [-0.2, 0) is 4.74 Å². The van der Waals surface area contributed by atoms with Gasteiger partial charge < -0.3 is 19.1 Å². The maximum Gasteiger partial charge on any atom is 0.410 e. The van der Waals surface area contributed by atoms with E-state index in [-0.39, 0.29) is 12.1 Å². The zero-order chi connectivity index (χ0) is 23.3. The first-order valence-corrected chi connectivity index (χ1v) is 11.4. The molecule has 0 N–H and O–H groups in total. The first-order valence-electron chi connectivity index (χ1n) is 11.4. The standard InChI is InChI=1S/C28H31NO4/c1-28(2,3)33-27(30)29-19-7-10-23(29)20-31-24-15-17-26(18-16-24)32-25-13-11-22(12-14-25)21-8-5-4-6-9-21/h4-6,8-9,11-18,23H,7,10,19-20H2,1-3H3/t23-/m1/s1. The van der Waals surface area contributed by atoms with E-state index in [1.807, 2.05) is 75.4 Å². The van der Waals surface area contributed by atoms with Crippen LogP contribution in [-0.4, -0.2) is 35.8 Å².